The number of fused-ring (bicyclic) bond motifs is 1. The van der Waals surface area contributed by atoms with Crippen LogP contribution in [0.5, 0.6) is 0 Å². The zero-order valence-corrected chi connectivity index (χ0v) is 11.8. The van der Waals surface area contributed by atoms with Gasteiger partial charge in [0.05, 0.1) is 28.7 Å². The Balaban J connectivity index is 1.84. The normalized spacial score (nSPS) is 20.5. The lowest BCUT2D eigenvalue weighted by molar-refractivity contribution is 0.0941. The van der Waals surface area contributed by atoms with Crippen molar-refractivity contribution in [1.29, 1.82) is 0 Å². The third-order valence-electron chi connectivity index (χ3n) is 3.47. The van der Waals surface area contributed by atoms with Crippen LogP contribution in [0.1, 0.15) is 16.8 Å². The molecule has 1 aliphatic rings. The summed E-state index contributed by atoms with van der Waals surface area (Å²) in [6.45, 7) is 0. The fourth-order valence-corrected chi connectivity index (χ4v) is 4.06. The number of H-pyrrole nitrogens is 1. The highest BCUT2D eigenvalue weighted by atomic mass is 32.2. The first-order chi connectivity index (χ1) is 9.94. The van der Waals surface area contributed by atoms with Gasteiger partial charge >= 0.3 is 0 Å². The second-order valence-electron chi connectivity index (χ2n) is 5.04. The molecule has 1 amide bonds. The van der Waals surface area contributed by atoms with Crippen LogP contribution in [0.15, 0.2) is 29.3 Å². The molecule has 0 saturated carbocycles. The maximum Gasteiger partial charge on any atom is 0.258 e. The van der Waals surface area contributed by atoms with Crippen LogP contribution < -0.4 is 10.9 Å². The molecule has 0 bridgehead atoms. The van der Waals surface area contributed by atoms with E-state index in [0.29, 0.717) is 22.9 Å². The van der Waals surface area contributed by atoms with E-state index in [1.165, 1.54) is 24.5 Å². The smallest absolute Gasteiger partial charge is 0.258 e. The molecule has 0 radical (unpaired) electrons. The van der Waals surface area contributed by atoms with E-state index < -0.39 is 9.84 Å². The van der Waals surface area contributed by atoms with Gasteiger partial charge in [-0.25, -0.2) is 13.4 Å². The van der Waals surface area contributed by atoms with E-state index in [9.17, 15) is 18.0 Å². The van der Waals surface area contributed by atoms with Gasteiger partial charge in [-0.2, -0.15) is 0 Å². The third-order valence-corrected chi connectivity index (χ3v) is 5.24. The van der Waals surface area contributed by atoms with Crippen LogP contribution in [0.4, 0.5) is 0 Å². The maximum atomic E-state index is 12.1. The molecule has 21 heavy (non-hydrogen) atoms. The second-order valence-corrected chi connectivity index (χ2v) is 7.27. The van der Waals surface area contributed by atoms with Crippen LogP contribution in [0.2, 0.25) is 0 Å². The Hall–Kier alpha value is -2.22. The fourth-order valence-electron chi connectivity index (χ4n) is 2.39. The molecular weight excluding hydrogens is 294 g/mol. The summed E-state index contributed by atoms with van der Waals surface area (Å²) in [4.78, 5) is 30.1. The Morgan fingerprint density at radius 1 is 1.38 bits per heavy atom. The Bertz CT molecular complexity index is 872. The Morgan fingerprint density at radius 2 is 2.19 bits per heavy atom. The first-order valence-electron chi connectivity index (χ1n) is 6.43. The highest BCUT2D eigenvalue weighted by Crippen LogP contribution is 2.13. The predicted octanol–water partition coefficient (Wildman–Crippen LogP) is -0.160. The molecule has 0 unspecified atom stereocenters. The molecular formula is C13H13N3O4S. The van der Waals surface area contributed by atoms with Gasteiger partial charge in [-0.1, -0.05) is 0 Å². The molecule has 1 fully saturated rings. The largest absolute Gasteiger partial charge is 0.348 e. The number of hydrogen-bond acceptors (Lipinski definition) is 5. The van der Waals surface area contributed by atoms with Crippen molar-refractivity contribution in [2.45, 2.75) is 12.5 Å². The van der Waals surface area contributed by atoms with E-state index >= 15 is 0 Å². The number of carbonyl (C=O) groups excluding carboxylic acids is 1. The average molecular weight is 307 g/mol. The van der Waals surface area contributed by atoms with Gasteiger partial charge in [-0.05, 0) is 24.6 Å². The van der Waals surface area contributed by atoms with Crippen molar-refractivity contribution in [2.75, 3.05) is 11.5 Å². The Morgan fingerprint density at radius 3 is 2.90 bits per heavy atom. The Labute approximate surface area is 120 Å². The van der Waals surface area contributed by atoms with Crippen LogP contribution in [-0.4, -0.2) is 41.8 Å². The monoisotopic (exact) mass is 307 g/mol. The van der Waals surface area contributed by atoms with Crippen molar-refractivity contribution in [2.24, 2.45) is 0 Å². The molecule has 1 aromatic carbocycles. The lowest BCUT2D eigenvalue weighted by atomic mass is 10.1. The number of rotatable bonds is 2. The highest BCUT2D eigenvalue weighted by molar-refractivity contribution is 7.91. The standard InChI is InChI=1S/C13H13N3O4S/c17-12(16-9-3-4-21(19,20)6-9)8-1-2-10-11(5-8)14-7-15-13(10)18/h1-2,5,7,9H,3-4,6H2,(H,16,17)(H,14,15,18)/t9-/m0/s1. The second kappa shape index (κ2) is 4.96. The molecule has 110 valence electrons. The van der Waals surface area contributed by atoms with Crippen LogP contribution in [0.3, 0.4) is 0 Å². The molecule has 0 spiro atoms. The van der Waals surface area contributed by atoms with Crippen molar-refractivity contribution in [1.82, 2.24) is 15.3 Å². The number of carbonyl (C=O) groups is 1. The van der Waals surface area contributed by atoms with E-state index in [2.05, 4.69) is 15.3 Å². The number of nitrogens with zero attached hydrogens (tertiary/aromatic N) is 1. The number of amides is 1. The van der Waals surface area contributed by atoms with Crippen molar-refractivity contribution in [3.05, 3.63) is 40.4 Å². The van der Waals surface area contributed by atoms with Crippen LogP contribution in [-0.2, 0) is 9.84 Å². The van der Waals surface area contributed by atoms with Gasteiger partial charge in [0.2, 0.25) is 0 Å². The molecule has 8 heteroatoms. The van der Waals surface area contributed by atoms with Gasteiger partial charge < -0.3 is 10.3 Å². The highest BCUT2D eigenvalue weighted by Gasteiger charge is 2.29. The summed E-state index contributed by atoms with van der Waals surface area (Å²) in [6, 6.07) is 4.22. The average Bonchev–Trinajstić information content (AvgIpc) is 2.78. The summed E-state index contributed by atoms with van der Waals surface area (Å²) < 4.78 is 22.7. The lowest BCUT2D eigenvalue weighted by Crippen LogP contribution is -2.35. The van der Waals surface area contributed by atoms with Crippen molar-refractivity contribution in [3.8, 4) is 0 Å². The zero-order valence-electron chi connectivity index (χ0n) is 11.0. The molecule has 1 aromatic heterocycles. The van der Waals surface area contributed by atoms with Crippen molar-refractivity contribution >= 4 is 26.6 Å². The van der Waals surface area contributed by atoms with E-state index in [1.807, 2.05) is 0 Å². The van der Waals surface area contributed by atoms with Gasteiger partial charge in [-0.3, -0.25) is 9.59 Å². The van der Waals surface area contributed by atoms with Gasteiger partial charge in [0.25, 0.3) is 11.5 Å². The number of nitrogens with one attached hydrogen (secondary N) is 2. The molecule has 1 aliphatic heterocycles. The molecule has 7 nitrogen and oxygen atoms in total. The summed E-state index contributed by atoms with van der Waals surface area (Å²) in [7, 11) is -3.04. The Kier molecular flexibility index (Phi) is 3.25. The summed E-state index contributed by atoms with van der Waals surface area (Å²) in [5.74, 6) is -0.280. The molecule has 2 heterocycles. The molecule has 0 aliphatic carbocycles. The van der Waals surface area contributed by atoms with Crippen LogP contribution in [0.25, 0.3) is 10.9 Å². The summed E-state index contributed by atoms with van der Waals surface area (Å²) in [5.41, 5.74) is 0.504. The quantitative estimate of drug-likeness (QED) is 0.801. The zero-order chi connectivity index (χ0) is 15.0. The minimum Gasteiger partial charge on any atom is -0.348 e. The topological polar surface area (TPSA) is 109 Å². The SMILES string of the molecule is O=C(N[C@H]1CCS(=O)(=O)C1)c1ccc2c(=O)[nH]cnc2c1. The molecule has 2 aromatic rings. The summed E-state index contributed by atoms with van der Waals surface area (Å²) >= 11 is 0. The number of hydrogen-bond donors (Lipinski definition) is 2. The summed E-state index contributed by atoms with van der Waals surface area (Å²) in [6.07, 6.45) is 1.70. The van der Waals surface area contributed by atoms with E-state index in [0.717, 1.165) is 0 Å². The number of aromatic nitrogens is 2. The van der Waals surface area contributed by atoms with Gasteiger partial charge in [0, 0.05) is 11.6 Å². The van der Waals surface area contributed by atoms with Gasteiger partial charge in [0.15, 0.2) is 9.84 Å². The number of benzene rings is 1. The van der Waals surface area contributed by atoms with Crippen molar-refractivity contribution < 1.29 is 13.2 Å². The number of aromatic amines is 1. The van der Waals surface area contributed by atoms with Crippen LogP contribution >= 0.6 is 0 Å². The molecule has 3 rings (SSSR count). The lowest BCUT2D eigenvalue weighted by Gasteiger charge is -2.10. The molecule has 1 saturated heterocycles. The molecule has 2 N–H and O–H groups in total. The van der Waals surface area contributed by atoms with Gasteiger partial charge in [-0.15, -0.1) is 0 Å². The first-order valence-corrected chi connectivity index (χ1v) is 8.25. The summed E-state index contributed by atoms with van der Waals surface area (Å²) in [5, 5.41) is 3.10. The minimum absolute atomic E-state index is 0.0236. The first kappa shape index (κ1) is 13.7. The predicted molar refractivity (Wildman–Crippen MR) is 76.9 cm³/mol. The van der Waals surface area contributed by atoms with Gasteiger partial charge in [0.1, 0.15) is 0 Å². The van der Waals surface area contributed by atoms with Crippen molar-refractivity contribution in [3.63, 3.8) is 0 Å². The van der Waals surface area contributed by atoms with E-state index in [4.69, 9.17) is 0 Å². The van der Waals surface area contributed by atoms with E-state index in [-0.39, 0.29) is 29.0 Å². The van der Waals surface area contributed by atoms with E-state index in [1.54, 1.807) is 0 Å². The maximum absolute atomic E-state index is 12.1. The number of sulfone groups is 1. The fraction of sp³-hybridized carbons (Fsp3) is 0.308. The third kappa shape index (κ3) is 2.80. The van der Waals surface area contributed by atoms with Crippen LogP contribution in [0, 0.1) is 0 Å². The molecule has 1 atom stereocenters. The minimum atomic E-state index is -3.04.